The smallest absolute Gasteiger partial charge is 0.306 e. The summed E-state index contributed by atoms with van der Waals surface area (Å²) in [6.45, 7) is 11.3. The van der Waals surface area contributed by atoms with E-state index in [9.17, 15) is 25.2 Å². The molecule has 3 saturated heterocycles. The lowest BCUT2D eigenvalue weighted by molar-refractivity contribution is -0.414. The fourth-order valence-electron chi connectivity index (χ4n) is 11.2. The molecule has 9 heteroatoms. The topological polar surface area (TPSA) is 138 Å². The molecule has 252 valence electrons. The average Bonchev–Trinajstić information content (AvgIpc) is 3.63. The summed E-state index contributed by atoms with van der Waals surface area (Å²) in [5.41, 5.74) is -6.73. The first-order valence-corrected chi connectivity index (χ1v) is 17.6. The van der Waals surface area contributed by atoms with Crippen molar-refractivity contribution in [3.05, 3.63) is 24.3 Å². The second-order valence-corrected chi connectivity index (χ2v) is 16.0. The SMILES string of the molecule is C=C(C)[C@@]12C[C@@H](C)[C@@]34O[C@@]5(/C=C\CCCCCCCCCCCC(C)(O)[C@H]6[C@H](C)C(=O)[C@@](O)([C@H](O)[C@@]7(CO)O[C@H]7[C@H]3[C@H]1O5)[C@@H]64)O2. The molecule has 4 N–H and O–H groups in total. The molecule has 3 aliphatic carbocycles. The number of aliphatic hydroxyl groups is 4. The Hall–Kier alpha value is -1.17. The van der Waals surface area contributed by atoms with E-state index in [1.807, 2.05) is 26.0 Å². The Morgan fingerprint density at radius 1 is 0.956 bits per heavy atom. The molecule has 0 aromatic heterocycles. The molecule has 9 nitrogen and oxygen atoms in total. The van der Waals surface area contributed by atoms with Crippen molar-refractivity contribution in [3.8, 4) is 0 Å². The monoisotopic (exact) mass is 630 g/mol. The Morgan fingerprint density at radius 2 is 1.60 bits per heavy atom. The third-order valence-corrected chi connectivity index (χ3v) is 13.3. The molecule has 3 saturated carbocycles. The van der Waals surface area contributed by atoms with Gasteiger partial charge in [0.15, 0.2) is 11.4 Å². The van der Waals surface area contributed by atoms with E-state index in [2.05, 4.69) is 6.58 Å². The molecule has 45 heavy (non-hydrogen) atoms. The summed E-state index contributed by atoms with van der Waals surface area (Å²) in [7, 11) is 0. The van der Waals surface area contributed by atoms with E-state index in [-0.39, 0.29) is 5.92 Å². The molecule has 6 fully saturated rings. The summed E-state index contributed by atoms with van der Waals surface area (Å²) in [4.78, 5) is 14.4. The predicted octanol–water partition coefficient (Wildman–Crippen LogP) is 4.09. The molecule has 0 radical (unpaired) electrons. The summed E-state index contributed by atoms with van der Waals surface area (Å²) >= 11 is 0. The first kappa shape index (κ1) is 32.4. The number of hydrogen-bond acceptors (Lipinski definition) is 9. The molecule has 14 atom stereocenters. The molecule has 1 unspecified atom stereocenters. The molecule has 7 aliphatic rings. The molecule has 0 aromatic rings. The highest BCUT2D eigenvalue weighted by molar-refractivity contribution is 5.94. The lowest BCUT2D eigenvalue weighted by Crippen LogP contribution is -2.74. The normalized spacial score (nSPS) is 56.8. The number of carbonyl (C=O) groups excluding carboxylic acids is 1. The van der Waals surface area contributed by atoms with Gasteiger partial charge in [-0.15, -0.1) is 0 Å². The molecular formula is C36H54O9. The largest absolute Gasteiger partial charge is 0.393 e. The Kier molecular flexibility index (Phi) is 7.67. The number of Topliss-reactive ketones (excluding diaryl/α,β-unsaturated/α-hetero) is 1. The van der Waals surface area contributed by atoms with Crippen LogP contribution in [0.1, 0.15) is 105 Å². The summed E-state index contributed by atoms with van der Waals surface area (Å²) in [6.07, 6.45) is 12.3. The van der Waals surface area contributed by atoms with Gasteiger partial charge in [-0.25, -0.2) is 0 Å². The Bertz CT molecular complexity index is 1250. The maximum atomic E-state index is 14.4. The van der Waals surface area contributed by atoms with Crippen LogP contribution in [0.15, 0.2) is 24.3 Å². The second-order valence-electron chi connectivity index (χ2n) is 16.0. The molecule has 3 bridgehead atoms. The van der Waals surface area contributed by atoms with Gasteiger partial charge < -0.3 is 39.4 Å². The molecule has 2 spiro atoms. The van der Waals surface area contributed by atoms with Crippen molar-refractivity contribution >= 4 is 5.78 Å². The van der Waals surface area contributed by atoms with Crippen LogP contribution in [-0.4, -0.2) is 85.1 Å². The zero-order valence-corrected chi connectivity index (χ0v) is 27.5. The minimum Gasteiger partial charge on any atom is -0.393 e. The van der Waals surface area contributed by atoms with Crippen LogP contribution in [0.4, 0.5) is 0 Å². The van der Waals surface area contributed by atoms with Crippen molar-refractivity contribution in [1.82, 2.24) is 0 Å². The number of fused-ring (bicyclic) bond motifs is 1. The van der Waals surface area contributed by atoms with E-state index in [1.165, 1.54) is 25.7 Å². The minimum atomic E-state index is -2.34. The van der Waals surface area contributed by atoms with Crippen LogP contribution >= 0.6 is 0 Å². The first-order valence-electron chi connectivity index (χ1n) is 17.6. The highest BCUT2D eigenvalue weighted by atomic mass is 16.9. The van der Waals surface area contributed by atoms with Crippen molar-refractivity contribution in [1.29, 1.82) is 0 Å². The highest BCUT2D eigenvalue weighted by Crippen LogP contribution is 2.74. The molecule has 0 aromatic carbocycles. The van der Waals surface area contributed by atoms with Crippen molar-refractivity contribution in [2.24, 2.45) is 29.6 Å². The molecule has 7 rings (SSSR count). The van der Waals surface area contributed by atoms with Crippen molar-refractivity contribution < 1.29 is 44.2 Å². The van der Waals surface area contributed by atoms with E-state index >= 15 is 0 Å². The van der Waals surface area contributed by atoms with E-state index < -0.39 is 88.4 Å². The predicted molar refractivity (Wildman–Crippen MR) is 165 cm³/mol. The summed E-state index contributed by atoms with van der Waals surface area (Å²) < 4.78 is 27.2. The third-order valence-electron chi connectivity index (χ3n) is 13.3. The summed E-state index contributed by atoms with van der Waals surface area (Å²) in [5.74, 6) is -5.61. The zero-order valence-electron chi connectivity index (χ0n) is 27.5. The van der Waals surface area contributed by atoms with E-state index in [1.54, 1.807) is 13.8 Å². The lowest BCUT2D eigenvalue weighted by Gasteiger charge is -2.61. The minimum absolute atomic E-state index is 0.317. The molecule has 4 heterocycles. The van der Waals surface area contributed by atoms with Crippen LogP contribution in [0.3, 0.4) is 0 Å². The quantitative estimate of drug-likeness (QED) is 0.263. The van der Waals surface area contributed by atoms with E-state index in [4.69, 9.17) is 18.9 Å². The Labute approximate surface area is 267 Å². The fraction of sp³-hybridized carbons (Fsp3) is 0.861. The van der Waals surface area contributed by atoms with Gasteiger partial charge in [0.2, 0.25) is 0 Å². The zero-order chi connectivity index (χ0) is 32.2. The number of carbonyl (C=O) groups is 1. The van der Waals surface area contributed by atoms with Gasteiger partial charge in [-0.1, -0.05) is 77.9 Å². The number of ketones is 1. The number of hydrogen-bond donors (Lipinski definition) is 4. The first-order chi connectivity index (χ1) is 21.3. The van der Waals surface area contributed by atoms with Gasteiger partial charge in [0.05, 0.1) is 17.8 Å². The van der Waals surface area contributed by atoms with Gasteiger partial charge in [0.25, 0.3) is 0 Å². The number of ether oxygens (including phenoxy) is 4. The van der Waals surface area contributed by atoms with Gasteiger partial charge in [-0.2, -0.15) is 0 Å². The molecule has 4 aliphatic heterocycles. The number of aliphatic hydroxyl groups excluding tert-OH is 2. The maximum absolute atomic E-state index is 14.4. The lowest BCUT2D eigenvalue weighted by atomic mass is 9.51. The van der Waals surface area contributed by atoms with Gasteiger partial charge >= 0.3 is 5.97 Å². The molecular weight excluding hydrogens is 576 g/mol. The van der Waals surface area contributed by atoms with Crippen LogP contribution < -0.4 is 0 Å². The van der Waals surface area contributed by atoms with Crippen LogP contribution in [0.2, 0.25) is 0 Å². The van der Waals surface area contributed by atoms with Gasteiger partial charge in [-0.3, -0.25) is 4.79 Å². The Balaban J connectivity index is 1.43. The van der Waals surface area contributed by atoms with Crippen molar-refractivity contribution in [2.45, 2.75) is 157 Å². The highest BCUT2D eigenvalue weighted by Gasteiger charge is 2.90. The van der Waals surface area contributed by atoms with E-state index in [0.717, 1.165) is 44.1 Å². The Morgan fingerprint density at radius 3 is 2.24 bits per heavy atom. The average molecular weight is 631 g/mol. The number of allylic oxidation sites excluding steroid dienone is 1. The van der Waals surface area contributed by atoms with Crippen LogP contribution in [-0.2, 0) is 23.7 Å². The van der Waals surface area contributed by atoms with Gasteiger partial charge in [0.1, 0.15) is 29.5 Å². The van der Waals surface area contributed by atoms with E-state index in [0.29, 0.717) is 12.8 Å². The van der Waals surface area contributed by atoms with Gasteiger partial charge in [0, 0.05) is 29.7 Å². The van der Waals surface area contributed by atoms with Crippen LogP contribution in [0.5, 0.6) is 0 Å². The maximum Gasteiger partial charge on any atom is 0.306 e. The van der Waals surface area contributed by atoms with Crippen LogP contribution in [0, 0.1) is 29.6 Å². The standard InChI is InChI=1S/C36H54O9/c1-21(2)32-19-22(3)36-25-28(32)43-34(44-32,45-36)18-16-14-12-10-8-6-7-9-11-13-15-17-31(5,40)24-23(4)27(38)35(41,26(24)36)30(39)33(20-37)29(25)42-33/h16,18,22-26,28-30,37,39-41H,1,6-15,17,19-20H2,2-5H3/b18-16-/t22-,23+,24+,25-,26-,28-,29+,30-,31?,32+,33+,34-,35-,36-/m1/s1. The van der Waals surface area contributed by atoms with Crippen molar-refractivity contribution in [3.63, 3.8) is 0 Å². The summed E-state index contributed by atoms with van der Waals surface area (Å²) in [5, 5.41) is 48.1. The second kappa shape index (κ2) is 10.7. The molecule has 0 amide bonds. The summed E-state index contributed by atoms with van der Waals surface area (Å²) in [6, 6.07) is 0. The fourth-order valence-corrected chi connectivity index (χ4v) is 11.2. The van der Waals surface area contributed by atoms with Gasteiger partial charge in [-0.05, 0) is 51.0 Å². The third kappa shape index (κ3) is 4.17. The van der Waals surface area contributed by atoms with Crippen molar-refractivity contribution in [2.75, 3.05) is 6.61 Å². The number of epoxide rings is 1. The van der Waals surface area contributed by atoms with Crippen LogP contribution in [0.25, 0.3) is 0 Å². The number of rotatable bonds is 2.